The number of phenols is 1. The zero-order valence-corrected chi connectivity index (χ0v) is 26.9. The first-order valence-electron chi connectivity index (χ1n) is 16.3. The van der Waals surface area contributed by atoms with E-state index in [0.29, 0.717) is 23.7 Å². The van der Waals surface area contributed by atoms with Gasteiger partial charge >= 0.3 is 0 Å². The Labute approximate surface area is 254 Å². The summed E-state index contributed by atoms with van der Waals surface area (Å²) >= 11 is 0. The molecule has 6 nitrogen and oxygen atoms in total. The van der Waals surface area contributed by atoms with E-state index in [1.807, 2.05) is 0 Å². The molecule has 0 aromatic heterocycles. The number of quaternary nitrogens is 1. The molecule has 232 valence electrons. The molecule has 1 N–H and O–H groups in total. The second-order valence-corrected chi connectivity index (χ2v) is 12.7. The van der Waals surface area contributed by atoms with Gasteiger partial charge in [0.2, 0.25) is 5.78 Å². The largest absolute Gasteiger partial charge is 0.507 e. The molecule has 0 spiro atoms. The smallest absolute Gasteiger partial charge is 0.201 e. The van der Waals surface area contributed by atoms with Crippen molar-refractivity contribution in [2.75, 3.05) is 40.9 Å². The summed E-state index contributed by atoms with van der Waals surface area (Å²) in [5, 5.41) is 10.5. The second kappa shape index (κ2) is 16.7. The zero-order valence-electron chi connectivity index (χ0n) is 26.9. The number of benzene rings is 2. The van der Waals surface area contributed by atoms with Gasteiger partial charge in [-0.2, -0.15) is 0 Å². The molecule has 0 radical (unpaired) electrons. The number of methoxy groups -OCH3 is 1. The first-order chi connectivity index (χ1) is 20.2. The first kappa shape index (κ1) is 33.6. The summed E-state index contributed by atoms with van der Waals surface area (Å²) in [5.74, 6) is -0.102. The van der Waals surface area contributed by atoms with E-state index in [1.54, 1.807) is 25.1 Å². The van der Waals surface area contributed by atoms with Gasteiger partial charge in [-0.25, -0.2) is 0 Å². The number of aromatic hydroxyl groups is 1. The number of carbonyl (C=O) groups is 2. The van der Waals surface area contributed by atoms with Crippen molar-refractivity contribution in [2.24, 2.45) is 0 Å². The van der Waals surface area contributed by atoms with Crippen LogP contribution in [0.3, 0.4) is 0 Å². The average molecular weight is 581 g/mol. The Kier molecular flexibility index (Phi) is 13.4. The maximum Gasteiger partial charge on any atom is 0.201 e. The molecule has 0 amide bonds. The van der Waals surface area contributed by atoms with Crippen molar-refractivity contribution in [1.82, 2.24) is 0 Å². The minimum Gasteiger partial charge on any atom is -0.507 e. The van der Waals surface area contributed by atoms with Crippen molar-refractivity contribution in [3.05, 3.63) is 52.1 Å². The summed E-state index contributed by atoms with van der Waals surface area (Å²) in [4.78, 5) is 26.8. The fourth-order valence-electron chi connectivity index (χ4n) is 5.94. The molecule has 42 heavy (non-hydrogen) atoms. The monoisotopic (exact) mass is 580 g/mol. The van der Waals surface area contributed by atoms with Gasteiger partial charge in [0.25, 0.3) is 0 Å². The SMILES string of the molecule is CCCCCCCCCCCCCCCC[N+](C)(C)CCOc1cc(OC)cc2c1C(=O)c1c(O)cc(C)cc1C2=O. The van der Waals surface area contributed by atoms with Crippen LogP contribution >= 0.6 is 0 Å². The number of carbonyl (C=O) groups excluding carboxylic acids is 2. The predicted molar refractivity (Wildman–Crippen MR) is 170 cm³/mol. The quantitative estimate of drug-likeness (QED) is 0.107. The standard InChI is InChI=1S/C36H53NO5/c1-6-7-8-9-10-11-12-13-14-15-16-17-18-19-20-37(3,4)21-22-42-32-26-28(41-5)25-30-34(32)36(40)33-29(35(30)39)23-27(2)24-31(33)38/h23-26H,6-22H2,1-5H3/p+1. The van der Waals surface area contributed by atoms with E-state index in [9.17, 15) is 14.7 Å². The number of nitrogens with zero attached hydrogens (tertiary/aromatic N) is 1. The van der Waals surface area contributed by atoms with Gasteiger partial charge in [0.05, 0.1) is 38.9 Å². The summed E-state index contributed by atoms with van der Waals surface area (Å²) < 4.78 is 12.4. The van der Waals surface area contributed by atoms with Crippen LogP contribution in [0.2, 0.25) is 0 Å². The number of ether oxygens (including phenoxy) is 2. The van der Waals surface area contributed by atoms with Crippen LogP contribution in [0.25, 0.3) is 0 Å². The molecule has 1 aliphatic rings. The van der Waals surface area contributed by atoms with E-state index in [0.717, 1.165) is 17.6 Å². The highest BCUT2D eigenvalue weighted by Crippen LogP contribution is 2.39. The Morgan fingerprint density at radius 2 is 1.24 bits per heavy atom. The van der Waals surface area contributed by atoms with Gasteiger partial charge in [0.1, 0.15) is 30.4 Å². The lowest BCUT2D eigenvalue weighted by atomic mass is 9.82. The Balaban J connectivity index is 1.42. The van der Waals surface area contributed by atoms with Gasteiger partial charge in [-0.05, 0) is 43.5 Å². The molecule has 0 atom stereocenters. The van der Waals surface area contributed by atoms with Crippen LogP contribution in [0.1, 0.15) is 134 Å². The molecule has 0 fully saturated rings. The van der Waals surface area contributed by atoms with Crippen LogP contribution in [-0.2, 0) is 0 Å². The number of likely N-dealkylation sites (N-methyl/N-ethyl adjacent to an activating group) is 1. The molecule has 2 aromatic rings. The maximum atomic E-state index is 13.5. The molecule has 1 aliphatic carbocycles. The fourth-order valence-corrected chi connectivity index (χ4v) is 5.94. The maximum absolute atomic E-state index is 13.5. The van der Waals surface area contributed by atoms with Crippen molar-refractivity contribution >= 4 is 11.6 Å². The van der Waals surface area contributed by atoms with Gasteiger partial charge in [-0.15, -0.1) is 0 Å². The van der Waals surface area contributed by atoms with Gasteiger partial charge in [-0.3, -0.25) is 9.59 Å². The van der Waals surface area contributed by atoms with Crippen LogP contribution in [0.5, 0.6) is 17.2 Å². The van der Waals surface area contributed by atoms with E-state index in [4.69, 9.17) is 9.47 Å². The summed E-state index contributed by atoms with van der Waals surface area (Å²) in [6.45, 7) is 6.30. The van der Waals surface area contributed by atoms with E-state index < -0.39 is 5.78 Å². The molecule has 6 heteroatoms. The first-order valence-corrected chi connectivity index (χ1v) is 16.3. The number of unbranched alkanes of at least 4 members (excludes halogenated alkanes) is 13. The van der Waals surface area contributed by atoms with Gasteiger partial charge in [0.15, 0.2) is 5.78 Å². The number of fused-ring (bicyclic) bond motifs is 2. The number of hydrogen-bond acceptors (Lipinski definition) is 5. The number of ketones is 2. The van der Waals surface area contributed by atoms with E-state index in [2.05, 4.69) is 21.0 Å². The summed E-state index contributed by atoms with van der Waals surface area (Å²) in [7, 11) is 5.94. The third-order valence-corrected chi connectivity index (χ3v) is 8.59. The van der Waals surface area contributed by atoms with Crippen molar-refractivity contribution < 1.29 is 28.7 Å². The molecule has 0 bridgehead atoms. The second-order valence-electron chi connectivity index (χ2n) is 12.7. The number of phenolic OH excluding ortho intramolecular Hbond substituents is 1. The Bertz CT molecular complexity index is 1190. The number of rotatable bonds is 20. The Morgan fingerprint density at radius 1 is 0.690 bits per heavy atom. The number of hydrogen-bond donors (Lipinski definition) is 1. The van der Waals surface area contributed by atoms with Crippen LogP contribution in [0.4, 0.5) is 0 Å². The molecule has 0 saturated heterocycles. The predicted octanol–water partition coefficient (Wildman–Crippen LogP) is 8.42. The zero-order chi connectivity index (χ0) is 30.5. The van der Waals surface area contributed by atoms with Gasteiger partial charge in [-0.1, -0.05) is 84.0 Å². The minimum absolute atomic E-state index is 0.0435. The van der Waals surface area contributed by atoms with E-state index in [-0.39, 0.29) is 33.8 Å². The highest BCUT2D eigenvalue weighted by atomic mass is 16.5. The fraction of sp³-hybridized carbons (Fsp3) is 0.611. The summed E-state index contributed by atoms with van der Waals surface area (Å²) in [6, 6.07) is 6.40. The highest BCUT2D eigenvalue weighted by Gasteiger charge is 2.35. The van der Waals surface area contributed by atoms with E-state index >= 15 is 0 Å². The van der Waals surface area contributed by atoms with Crippen molar-refractivity contribution in [3.63, 3.8) is 0 Å². The lowest BCUT2D eigenvalue weighted by Crippen LogP contribution is -2.43. The Morgan fingerprint density at radius 3 is 1.81 bits per heavy atom. The Hall–Kier alpha value is -2.86. The molecule has 2 aromatic carbocycles. The van der Waals surface area contributed by atoms with Crippen LogP contribution in [-0.4, -0.2) is 62.1 Å². The van der Waals surface area contributed by atoms with Crippen molar-refractivity contribution in [2.45, 2.75) is 104 Å². The minimum atomic E-state index is -0.397. The van der Waals surface area contributed by atoms with Crippen LogP contribution in [0.15, 0.2) is 24.3 Å². The summed E-state index contributed by atoms with van der Waals surface area (Å²) in [6.07, 6.45) is 19.0. The van der Waals surface area contributed by atoms with Crippen LogP contribution in [0, 0.1) is 6.92 Å². The van der Waals surface area contributed by atoms with E-state index in [1.165, 1.54) is 103 Å². The normalized spacial score (nSPS) is 12.8. The van der Waals surface area contributed by atoms with Crippen molar-refractivity contribution in [3.8, 4) is 17.2 Å². The topological polar surface area (TPSA) is 72.8 Å². The molecular weight excluding hydrogens is 526 g/mol. The molecule has 0 unspecified atom stereocenters. The van der Waals surface area contributed by atoms with Crippen LogP contribution < -0.4 is 9.47 Å². The molecule has 0 aliphatic heterocycles. The van der Waals surface area contributed by atoms with Crippen molar-refractivity contribution in [1.29, 1.82) is 0 Å². The third kappa shape index (κ3) is 9.58. The van der Waals surface area contributed by atoms with Gasteiger partial charge in [0, 0.05) is 17.2 Å². The molecular formula is C36H54NO5+. The molecule has 0 saturated carbocycles. The molecule has 0 heterocycles. The molecule has 3 rings (SSSR count). The number of aryl methyl sites for hydroxylation is 1. The summed E-state index contributed by atoms with van der Waals surface area (Å²) in [5.41, 5.74) is 1.43. The highest BCUT2D eigenvalue weighted by molar-refractivity contribution is 6.30. The van der Waals surface area contributed by atoms with Gasteiger partial charge < -0.3 is 19.1 Å². The third-order valence-electron chi connectivity index (χ3n) is 8.59. The lowest BCUT2D eigenvalue weighted by Gasteiger charge is -2.30. The lowest BCUT2D eigenvalue weighted by molar-refractivity contribution is -0.890. The average Bonchev–Trinajstić information content (AvgIpc) is 2.95.